The van der Waals surface area contributed by atoms with E-state index in [2.05, 4.69) is 0 Å². The highest BCUT2D eigenvalue weighted by Crippen LogP contribution is 2.38. The third-order valence-corrected chi connectivity index (χ3v) is 3.70. The zero-order chi connectivity index (χ0) is 10.9. The first-order chi connectivity index (χ1) is 7.15. The second-order valence-corrected chi connectivity index (χ2v) is 5.12. The predicted octanol–water partition coefficient (Wildman–Crippen LogP) is 4.71. The van der Waals surface area contributed by atoms with Gasteiger partial charge in [-0.25, -0.2) is 0 Å². The molecule has 15 heavy (non-hydrogen) atoms. The molecule has 0 unspecified atom stereocenters. The van der Waals surface area contributed by atoms with E-state index in [9.17, 15) is 0 Å². The molecule has 0 saturated carbocycles. The Morgan fingerprint density at radius 1 is 0.933 bits per heavy atom. The maximum Gasteiger partial charge on any atom is 0.157 e. The Kier molecular flexibility index (Phi) is 3.11. The third kappa shape index (κ3) is 2.08. The van der Waals surface area contributed by atoms with E-state index in [1.807, 2.05) is 42.5 Å². The van der Waals surface area contributed by atoms with Gasteiger partial charge in [0.15, 0.2) is 4.33 Å². The largest absolute Gasteiger partial charge is 0.157 e. The van der Waals surface area contributed by atoms with Crippen molar-refractivity contribution in [1.29, 1.82) is 0 Å². The lowest BCUT2D eigenvalue weighted by molar-refractivity contribution is 1.00. The summed E-state index contributed by atoms with van der Waals surface area (Å²) in [6.07, 6.45) is 0. The molecule has 0 atom stereocenters. The van der Waals surface area contributed by atoms with Gasteiger partial charge in [0, 0.05) is 0 Å². The molecule has 0 fully saturated rings. The molecule has 0 N–H and O–H groups in total. The molecule has 2 rings (SSSR count). The molecule has 0 aromatic heterocycles. The lowest BCUT2D eigenvalue weighted by Gasteiger charge is -2.18. The fourth-order valence-electron chi connectivity index (χ4n) is 1.62. The van der Waals surface area contributed by atoms with Crippen molar-refractivity contribution in [2.24, 2.45) is 0 Å². The van der Waals surface area contributed by atoms with Crippen LogP contribution in [-0.2, 0) is 4.33 Å². The number of halogens is 3. The quantitative estimate of drug-likeness (QED) is 0.685. The van der Waals surface area contributed by atoms with Gasteiger partial charge in [-0.15, -0.1) is 11.6 Å². The predicted molar refractivity (Wildman–Crippen MR) is 68.1 cm³/mol. The Morgan fingerprint density at radius 3 is 2.33 bits per heavy atom. The smallest absolute Gasteiger partial charge is 0.123 e. The lowest BCUT2D eigenvalue weighted by Crippen LogP contribution is -2.12. The van der Waals surface area contributed by atoms with Crippen molar-refractivity contribution in [2.45, 2.75) is 4.33 Å². The zero-order valence-electron chi connectivity index (χ0n) is 7.88. The maximum absolute atomic E-state index is 6.16. The van der Waals surface area contributed by atoms with Crippen molar-refractivity contribution in [3.05, 3.63) is 48.0 Å². The first kappa shape index (κ1) is 11.1. The fraction of sp³-hybridized carbons (Fsp3) is 0.167. The highest BCUT2D eigenvalue weighted by molar-refractivity contribution is 6.51. The summed E-state index contributed by atoms with van der Waals surface area (Å²) >= 11 is 18.1. The lowest BCUT2D eigenvalue weighted by atomic mass is 10.0. The molecule has 78 valence electrons. The standard InChI is InChI=1S/C12H9Cl3/c13-8-12(14,15)11-7-3-5-9-4-1-2-6-10(9)11/h1-7H,8H2. The SMILES string of the molecule is ClCC(Cl)(Cl)c1cccc2ccccc12. The number of rotatable bonds is 2. The summed E-state index contributed by atoms with van der Waals surface area (Å²) in [5, 5.41) is 2.16. The molecule has 0 amide bonds. The van der Waals surface area contributed by atoms with Crippen LogP contribution in [-0.4, -0.2) is 5.88 Å². The Balaban J connectivity index is 2.71. The van der Waals surface area contributed by atoms with Gasteiger partial charge in [0.25, 0.3) is 0 Å². The van der Waals surface area contributed by atoms with E-state index in [4.69, 9.17) is 34.8 Å². The van der Waals surface area contributed by atoms with Gasteiger partial charge >= 0.3 is 0 Å². The summed E-state index contributed by atoms with van der Waals surface area (Å²) in [7, 11) is 0. The van der Waals surface area contributed by atoms with Crippen LogP contribution in [0.5, 0.6) is 0 Å². The number of benzene rings is 2. The van der Waals surface area contributed by atoms with Crippen LogP contribution in [0.25, 0.3) is 10.8 Å². The monoisotopic (exact) mass is 258 g/mol. The van der Waals surface area contributed by atoms with Gasteiger partial charge in [0.1, 0.15) is 0 Å². The maximum atomic E-state index is 6.16. The molecule has 0 saturated heterocycles. The van der Waals surface area contributed by atoms with Crippen LogP contribution in [0, 0.1) is 0 Å². The summed E-state index contributed by atoms with van der Waals surface area (Å²) in [5.74, 6) is 0.171. The molecule has 0 aliphatic rings. The van der Waals surface area contributed by atoms with Crippen LogP contribution in [0.3, 0.4) is 0 Å². The molecule has 0 aliphatic carbocycles. The van der Waals surface area contributed by atoms with E-state index < -0.39 is 4.33 Å². The van der Waals surface area contributed by atoms with Crippen LogP contribution in [0.2, 0.25) is 0 Å². The van der Waals surface area contributed by atoms with Gasteiger partial charge in [-0.3, -0.25) is 0 Å². The van der Waals surface area contributed by atoms with Crippen molar-refractivity contribution in [1.82, 2.24) is 0 Å². The molecule has 0 radical (unpaired) electrons. The van der Waals surface area contributed by atoms with Crippen LogP contribution in [0.1, 0.15) is 5.56 Å². The average Bonchev–Trinajstić information content (AvgIpc) is 2.28. The Bertz CT molecular complexity index is 472. The molecule has 3 heteroatoms. The minimum absolute atomic E-state index is 0.171. The van der Waals surface area contributed by atoms with Gasteiger partial charge in [-0.05, 0) is 16.3 Å². The van der Waals surface area contributed by atoms with Gasteiger partial charge in [-0.2, -0.15) is 0 Å². The molecular formula is C12H9Cl3. The summed E-state index contributed by atoms with van der Waals surface area (Å²) in [4.78, 5) is 0. The van der Waals surface area contributed by atoms with Crippen LogP contribution in [0.4, 0.5) is 0 Å². The third-order valence-electron chi connectivity index (χ3n) is 2.35. The van der Waals surface area contributed by atoms with E-state index in [0.717, 1.165) is 16.3 Å². The highest BCUT2D eigenvalue weighted by atomic mass is 35.5. The topological polar surface area (TPSA) is 0 Å². The van der Waals surface area contributed by atoms with Crippen molar-refractivity contribution in [2.75, 3.05) is 5.88 Å². The molecule has 2 aromatic rings. The minimum Gasteiger partial charge on any atom is -0.123 e. The summed E-state index contributed by atoms with van der Waals surface area (Å²) < 4.78 is -1.03. The molecule has 0 aliphatic heterocycles. The van der Waals surface area contributed by atoms with Crippen LogP contribution < -0.4 is 0 Å². The van der Waals surface area contributed by atoms with Crippen LogP contribution in [0.15, 0.2) is 42.5 Å². The number of hydrogen-bond donors (Lipinski definition) is 0. The number of hydrogen-bond acceptors (Lipinski definition) is 0. The minimum atomic E-state index is -1.03. The second-order valence-electron chi connectivity index (χ2n) is 3.36. The molecular weight excluding hydrogens is 250 g/mol. The Morgan fingerprint density at radius 2 is 1.60 bits per heavy atom. The highest BCUT2D eigenvalue weighted by Gasteiger charge is 2.26. The summed E-state index contributed by atoms with van der Waals surface area (Å²) in [6, 6.07) is 13.8. The molecule has 0 bridgehead atoms. The fourth-order valence-corrected chi connectivity index (χ4v) is 2.09. The summed E-state index contributed by atoms with van der Waals surface area (Å²) in [6.45, 7) is 0. The number of fused-ring (bicyclic) bond motifs is 1. The van der Waals surface area contributed by atoms with Crippen molar-refractivity contribution < 1.29 is 0 Å². The van der Waals surface area contributed by atoms with Crippen LogP contribution >= 0.6 is 34.8 Å². The van der Waals surface area contributed by atoms with E-state index in [1.165, 1.54) is 0 Å². The van der Waals surface area contributed by atoms with Gasteiger partial charge in [0.05, 0.1) is 5.88 Å². The van der Waals surface area contributed by atoms with Crippen molar-refractivity contribution in [3.8, 4) is 0 Å². The van der Waals surface area contributed by atoms with E-state index in [0.29, 0.717) is 0 Å². The van der Waals surface area contributed by atoms with Gasteiger partial charge < -0.3 is 0 Å². The van der Waals surface area contributed by atoms with E-state index in [-0.39, 0.29) is 5.88 Å². The Labute approximate surface area is 104 Å². The first-order valence-corrected chi connectivity index (χ1v) is 5.86. The number of alkyl halides is 3. The normalized spacial score (nSPS) is 11.9. The zero-order valence-corrected chi connectivity index (χ0v) is 10.2. The Hall–Kier alpha value is -0.430. The summed E-state index contributed by atoms with van der Waals surface area (Å²) in [5.41, 5.74) is 0.860. The molecule has 0 nitrogen and oxygen atoms in total. The van der Waals surface area contributed by atoms with Gasteiger partial charge in [-0.1, -0.05) is 65.7 Å². The van der Waals surface area contributed by atoms with Gasteiger partial charge in [0.2, 0.25) is 0 Å². The van der Waals surface area contributed by atoms with E-state index >= 15 is 0 Å². The van der Waals surface area contributed by atoms with E-state index in [1.54, 1.807) is 0 Å². The van der Waals surface area contributed by atoms with Crippen molar-refractivity contribution >= 4 is 45.6 Å². The first-order valence-electron chi connectivity index (χ1n) is 4.57. The van der Waals surface area contributed by atoms with Crippen molar-refractivity contribution in [3.63, 3.8) is 0 Å². The molecule has 0 heterocycles. The average molecular weight is 260 g/mol. The molecule has 2 aromatic carbocycles. The molecule has 0 spiro atoms. The second kappa shape index (κ2) is 4.21.